The van der Waals surface area contributed by atoms with Crippen molar-refractivity contribution in [3.63, 3.8) is 0 Å². The minimum absolute atomic E-state index is 0.00343. The molecule has 0 N–H and O–H groups in total. The van der Waals surface area contributed by atoms with Gasteiger partial charge in [0.05, 0.1) is 6.10 Å². The van der Waals surface area contributed by atoms with E-state index in [9.17, 15) is 4.79 Å². The van der Waals surface area contributed by atoms with Crippen LogP contribution in [0.25, 0.3) is 0 Å². The highest BCUT2D eigenvalue weighted by Crippen LogP contribution is 2.12. The lowest BCUT2D eigenvalue weighted by molar-refractivity contribution is -0.146. The van der Waals surface area contributed by atoms with E-state index in [1.807, 2.05) is 27.0 Å². The lowest BCUT2D eigenvalue weighted by Crippen LogP contribution is -2.22. The quantitative estimate of drug-likeness (QED) is 0.613. The summed E-state index contributed by atoms with van der Waals surface area (Å²) in [6, 6.07) is 0. The normalized spacial score (nSPS) is 13.2. The van der Waals surface area contributed by atoms with Gasteiger partial charge in [-0.1, -0.05) is 6.92 Å². The van der Waals surface area contributed by atoms with Crippen LogP contribution in [0.2, 0.25) is 0 Å². The first kappa shape index (κ1) is 10.8. The average Bonchev–Trinajstić information content (AvgIpc) is 1.88. The van der Waals surface area contributed by atoms with E-state index in [-0.39, 0.29) is 17.3 Å². The maximum absolute atomic E-state index is 11.2. The largest absolute Gasteiger partial charge is 0.462 e. The first-order valence-corrected chi connectivity index (χ1v) is 5.13. The highest BCUT2D eigenvalue weighted by atomic mass is 32.2. The van der Waals surface area contributed by atoms with Gasteiger partial charge in [-0.05, 0) is 26.5 Å². The highest BCUT2D eigenvalue weighted by Gasteiger charge is 2.16. The Morgan fingerprint density at radius 1 is 1.55 bits per heavy atom. The van der Waals surface area contributed by atoms with Gasteiger partial charge in [-0.2, -0.15) is 11.8 Å². The molecule has 0 saturated heterocycles. The molecule has 0 aliphatic heterocycles. The van der Waals surface area contributed by atoms with Gasteiger partial charge in [0.25, 0.3) is 0 Å². The third-order valence-corrected chi connectivity index (χ3v) is 2.36. The molecule has 0 aliphatic rings. The van der Waals surface area contributed by atoms with E-state index in [1.54, 1.807) is 11.8 Å². The molecule has 0 saturated carbocycles. The number of thioether (sulfide) groups is 1. The molecule has 1 atom stereocenters. The van der Waals surface area contributed by atoms with Gasteiger partial charge in [-0.25, -0.2) is 0 Å². The Morgan fingerprint density at radius 3 is 2.36 bits per heavy atom. The Labute approximate surface area is 72.7 Å². The molecular formula is C8H16O2S. The molecule has 0 rings (SSSR count). The van der Waals surface area contributed by atoms with Crippen molar-refractivity contribution >= 4 is 17.7 Å². The maximum Gasteiger partial charge on any atom is 0.319 e. The van der Waals surface area contributed by atoms with Crippen molar-refractivity contribution in [3.05, 3.63) is 0 Å². The van der Waals surface area contributed by atoms with Crippen molar-refractivity contribution in [2.75, 3.05) is 6.26 Å². The Morgan fingerprint density at radius 2 is 2.09 bits per heavy atom. The minimum Gasteiger partial charge on any atom is -0.462 e. The molecule has 0 heterocycles. The second kappa shape index (κ2) is 5.47. The van der Waals surface area contributed by atoms with Crippen LogP contribution in [0.5, 0.6) is 0 Å². The number of carbonyl (C=O) groups is 1. The van der Waals surface area contributed by atoms with E-state index in [0.29, 0.717) is 0 Å². The van der Waals surface area contributed by atoms with Crippen LogP contribution < -0.4 is 0 Å². The Kier molecular flexibility index (Phi) is 5.38. The zero-order chi connectivity index (χ0) is 8.85. The van der Waals surface area contributed by atoms with Crippen LogP contribution in [0.1, 0.15) is 27.2 Å². The monoisotopic (exact) mass is 176 g/mol. The molecule has 1 unspecified atom stereocenters. The van der Waals surface area contributed by atoms with Gasteiger partial charge in [0.1, 0.15) is 5.25 Å². The van der Waals surface area contributed by atoms with Crippen LogP contribution in [0.4, 0.5) is 0 Å². The zero-order valence-electron chi connectivity index (χ0n) is 7.59. The average molecular weight is 176 g/mol. The summed E-state index contributed by atoms with van der Waals surface area (Å²) in [4.78, 5) is 11.2. The summed E-state index contributed by atoms with van der Waals surface area (Å²) in [5.74, 6) is -0.0880. The third-order valence-electron chi connectivity index (χ3n) is 1.27. The van der Waals surface area contributed by atoms with Crippen LogP contribution in [0, 0.1) is 0 Å². The molecular weight excluding hydrogens is 160 g/mol. The van der Waals surface area contributed by atoms with Crippen LogP contribution in [0.3, 0.4) is 0 Å². The van der Waals surface area contributed by atoms with Crippen LogP contribution in [0.15, 0.2) is 0 Å². The molecule has 0 spiro atoms. The fraction of sp³-hybridized carbons (Fsp3) is 0.875. The number of ether oxygens (including phenoxy) is 1. The summed E-state index contributed by atoms with van der Waals surface area (Å²) in [6.45, 7) is 5.72. The molecule has 11 heavy (non-hydrogen) atoms. The summed E-state index contributed by atoms with van der Waals surface area (Å²) in [7, 11) is 0. The number of hydrogen-bond acceptors (Lipinski definition) is 3. The standard InChI is InChI=1S/C8H16O2S/c1-5-7(11-4)8(9)10-6(2)3/h6-7H,5H2,1-4H3. The van der Waals surface area contributed by atoms with Gasteiger partial charge >= 0.3 is 5.97 Å². The SMILES string of the molecule is CCC(SC)C(=O)OC(C)C. The second-order valence-electron chi connectivity index (χ2n) is 2.62. The van der Waals surface area contributed by atoms with Crippen molar-refractivity contribution in [3.8, 4) is 0 Å². The summed E-state index contributed by atoms with van der Waals surface area (Å²) < 4.78 is 5.03. The topological polar surface area (TPSA) is 26.3 Å². The molecule has 66 valence electrons. The molecule has 3 heteroatoms. The Bertz CT molecular complexity index is 119. The van der Waals surface area contributed by atoms with Crippen molar-refractivity contribution < 1.29 is 9.53 Å². The van der Waals surface area contributed by atoms with E-state index in [4.69, 9.17) is 4.74 Å². The first-order chi connectivity index (χ1) is 5.11. The smallest absolute Gasteiger partial charge is 0.319 e. The van der Waals surface area contributed by atoms with E-state index in [2.05, 4.69) is 0 Å². The molecule has 0 aliphatic carbocycles. The van der Waals surface area contributed by atoms with Crippen LogP contribution in [-0.2, 0) is 9.53 Å². The van der Waals surface area contributed by atoms with Crippen molar-refractivity contribution in [1.82, 2.24) is 0 Å². The van der Waals surface area contributed by atoms with E-state index < -0.39 is 0 Å². The molecule has 0 amide bonds. The molecule has 0 aromatic rings. The van der Waals surface area contributed by atoms with Crippen molar-refractivity contribution in [1.29, 1.82) is 0 Å². The number of esters is 1. The minimum atomic E-state index is -0.0880. The summed E-state index contributed by atoms with van der Waals surface area (Å²) in [6.07, 6.45) is 2.77. The number of rotatable bonds is 4. The second-order valence-corrected chi connectivity index (χ2v) is 3.66. The van der Waals surface area contributed by atoms with Gasteiger partial charge in [-0.3, -0.25) is 4.79 Å². The van der Waals surface area contributed by atoms with Gasteiger partial charge in [0.2, 0.25) is 0 Å². The fourth-order valence-electron chi connectivity index (χ4n) is 0.738. The van der Waals surface area contributed by atoms with Gasteiger partial charge in [0, 0.05) is 0 Å². The molecule has 2 nitrogen and oxygen atoms in total. The molecule has 0 bridgehead atoms. The lowest BCUT2D eigenvalue weighted by atomic mass is 10.3. The maximum atomic E-state index is 11.2. The first-order valence-electron chi connectivity index (χ1n) is 3.85. The molecule has 0 fully saturated rings. The van der Waals surface area contributed by atoms with Crippen molar-refractivity contribution in [2.45, 2.75) is 38.5 Å². The van der Waals surface area contributed by atoms with E-state index in [0.717, 1.165) is 6.42 Å². The van der Waals surface area contributed by atoms with E-state index >= 15 is 0 Å². The van der Waals surface area contributed by atoms with Gasteiger partial charge < -0.3 is 4.74 Å². The lowest BCUT2D eigenvalue weighted by Gasteiger charge is -2.13. The molecule has 0 aromatic carbocycles. The fourth-order valence-corrected chi connectivity index (χ4v) is 1.32. The zero-order valence-corrected chi connectivity index (χ0v) is 8.40. The van der Waals surface area contributed by atoms with Gasteiger partial charge in [-0.15, -0.1) is 0 Å². The summed E-state index contributed by atoms with van der Waals surface area (Å²) >= 11 is 1.55. The Balaban J connectivity index is 3.79. The van der Waals surface area contributed by atoms with Crippen LogP contribution >= 0.6 is 11.8 Å². The predicted octanol–water partition coefficient (Wildman–Crippen LogP) is 2.08. The number of carbonyl (C=O) groups excluding carboxylic acids is 1. The van der Waals surface area contributed by atoms with Crippen molar-refractivity contribution in [2.24, 2.45) is 0 Å². The molecule has 0 radical (unpaired) electrons. The summed E-state index contributed by atoms with van der Waals surface area (Å²) in [5.41, 5.74) is 0. The summed E-state index contributed by atoms with van der Waals surface area (Å²) in [5, 5.41) is 0.0115. The predicted molar refractivity (Wildman–Crippen MR) is 48.8 cm³/mol. The number of hydrogen-bond donors (Lipinski definition) is 0. The van der Waals surface area contributed by atoms with Gasteiger partial charge in [0.15, 0.2) is 0 Å². The molecule has 0 aromatic heterocycles. The highest BCUT2D eigenvalue weighted by molar-refractivity contribution is 7.99. The Hall–Kier alpha value is -0.180. The van der Waals surface area contributed by atoms with Crippen LogP contribution in [-0.4, -0.2) is 23.6 Å². The van der Waals surface area contributed by atoms with E-state index in [1.165, 1.54) is 0 Å². The third kappa shape index (κ3) is 4.30.